The Kier molecular flexibility index (Phi) is 6.29. The first-order valence-electron chi connectivity index (χ1n) is 7.76. The van der Waals surface area contributed by atoms with Crippen LogP contribution >= 0.6 is 11.6 Å². The standard InChI is InChI=1S/C19H24ClNO/c1-14-11-18(12-15(2)19(14)20)22-10-6-9-17(13-21)16-7-4-3-5-8-16/h3-5,7-8,11-12,17H,6,9-10,13,21H2,1-2H3. The molecule has 2 aromatic rings. The predicted octanol–water partition coefficient (Wildman–Crippen LogP) is 4.86. The summed E-state index contributed by atoms with van der Waals surface area (Å²) in [5.41, 5.74) is 9.32. The molecule has 2 nitrogen and oxygen atoms in total. The molecule has 0 radical (unpaired) electrons. The lowest BCUT2D eigenvalue weighted by molar-refractivity contribution is 0.301. The van der Waals surface area contributed by atoms with E-state index in [0.29, 0.717) is 19.1 Å². The first kappa shape index (κ1) is 16.9. The molecule has 0 saturated heterocycles. The second-order valence-corrected chi connectivity index (χ2v) is 6.08. The van der Waals surface area contributed by atoms with Crippen LogP contribution in [0.3, 0.4) is 0 Å². The lowest BCUT2D eigenvalue weighted by Crippen LogP contribution is -2.13. The van der Waals surface area contributed by atoms with Crippen molar-refractivity contribution in [3.05, 3.63) is 64.2 Å². The molecule has 0 aliphatic rings. The minimum absolute atomic E-state index is 0.401. The van der Waals surface area contributed by atoms with Crippen molar-refractivity contribution in [1.82, 2.24) is 0 Å². The van der Waals surface area contributed by atoms with Crippen LogP contribution in [-0.2, 0) is 0 Å². The fourth-order valence-corrected chi connectivity index (χ4v) is 2.76. The molecule has 3 heteroatoms. The Morgan fingerprint density at radius 1 is 1.09 bits per heavy atom. The van der Waals surface area contributed by atoms with Crippen LogP contribution in [0.1, 0.15) is 35.4 Å². The lowest BCUT2D eigenvalue weighted by atomic mass is 9.95. The van der Waals surface area contributed by atoms with E-state index in [1.54, 1.807) is 0 Å². The highest BCUT2D eigenvalue weighted by molar-refractivity contribution is 6.32. The molecule has 1 unspecified atom stereocenters. The van der Waals surface area contributed by atoms with Crippen LogP contribution in [0.5, 0.6) is 5.75 Å². The molecule has 2 rings (SSSR count). The van der Waals surface area contributed by atoms with Crippen molar-refractivity contribution < 1.29 is 4.74 Å². The van der Waals surface area contributed by atoms with Gasteiger partial charge in [0.1, 0.15) is 5.75 Å². The third kappa shape index (κ3) is 4.49. The van der Waals surface area contributed by atoms with Gasteiger partial charge in [0.15, 0.2) is 0 Å². The van der Waals surface area contributed by atoms with E-state index in [-0.39, 0.29) is 0 Å². The van der Waals surface area contributed by atoms with Gasteiger partial charge in [-0.2, -0.15) is 0 Å². The number of hydrogen-bond donors (Lipinski definition) is 1. The summed E-state index contributed by atoms with van der Waals surface area (Å²) in [7, 11) is 0. The normalized spacial score (nSPS) is 12.2. The highest BCUT2D eigenvalue weighted by Gasteiger charge is 2.09. The van der Waals surface area contributed by atoms with Crippen molar-refractivity contribution in [2.75, 3.05) is 13.2 Å². The third-order valence-corrected chi connectivity index (χ3v) is 4.53. The number of halogens is 1. The van der Waals surface area contributed by atoms with E-state index in [0.717, 1.165) is 34.7 Å². The summed E-state index contributed by atoms with van der Waals surface area (Å²) in [4.78, 5) is 0. The molecule has 0 spiro atoms. The highest BCUT2D eigenvalue weighted by atomic mass is 35.5. The van der Waals surface area contributed by atoms with Gasteiger partial charge in [-0.15, -0.1) is 0 Å². The van der Waals surface area contributed by atoms with Crippen LogP contribution in [-0.4, -0.2) is 13.2 Å². The summed E-state index contributed by atoms with van der Waals surface area (Å²) in [6.07, 6.45) is 2.02. The zero-order valence-corrected chi connectivity index (χ0v) is 14.1. The summed E-state index contributed by atoms with van der Waals surface area (Å²) < 4.78 is 5.85. The molecule has 2 N–H and O–H groups in total. The number of nitrogens with two attached hydrogens (primary N) is 1. The number of benzene rings is 2. The van der Waals surface area contributed by atoms with Crippen LogP contribution in [0.15, 0.2) is 42.5 Å². The molecule has 0 bridgehead atoms. The fraction of sp³-hybridized carbons (Fsp3) is 0.368. The lowest BCUT2D eigenvalue weighted by Gasteiger charge is -2.15. The van der Waals surface area contributed by atoms with Crippen molar-refractivity contribution in [2.45, 2.75) is 32.6 Å². The van der Waals surface area contributed by atoms with E-state index in [2.05, 4.69) is 24.3 Å². The Balaban J connectivity index is 1.84. The Morgan fingerprint density at radius 2 is 1.73 bits per heavy atom. The molecule has 0 aliphatic heterocycles. The first-order valence-corrected chi connectivity index (χ1v) is 8.14. The van der Waals surface area contributed by atoms with Gasteiger partial charge in [0, 0.05) is 5.02 Å². The van der Waals surface area contributed by atoms with Gasteiger partial charge in [-0.1, -0.05) is 41.9 Å². The Hall–Kier alpha value is -1.51. The largest absolute Gasteiger partial charge is 0.494 e. The minimum Gasteiger partial charge on any atom is -0.494 e. The maximum atomic E-state index is 6.17. The Morgan fingerprint density at radius 3 is 2.32 bits per heavy atom. The molecular weight excluding hydrogens is 294 g/mol. The van der Waals surface area contributed by atoms with Gasteiger partial charge in [0.05, 0.1) is 6.61 Å². The summed E-state index contributed by atoms with van der Waals surface area (Å²) in [5.74, 6) is 1.29. The molecular formula is C19H24ClNO. The zero-order chi connectivity index (χ0) is 15.9. The molecule has 118 valence electrons. The molecule has 0 saturated carbocycles. The maximum absolute atomic E-state index is 6.17. The van der Waals surface area contributed by atoms with Gasteiger partial charge in [-0.05, 0) is 68.0 Å². The van der Waals surface area contributed by atoms with E-state index in [9.17, 15) is 0 Å². The summed E-state index contributed by atoms with van der Waals surface area (Å²) >= 11 is 6.17. The summed E-state index contributed by atoms with van der Waals surface area (Å²) in [5, 5.41) is 0.819. The van der Waals surface area contributed by atoms with E-state index < -0.39 is 0 Å². The summed E-state index contributed by atoms with van der Waals surface area (Å²) in [6.45, 7) is 5.37. The van der Waals surface area contributed by atoms with Gasteiger partial charge >= 0.3 is 0 Å². The van der Waals surface area contributed by atoms with Gasteiger partial charge in [0.25, 0.3) is 0 Å². The van der Waals surface area contributed by atoms with Crippen LogP contribution in [0.4, 0.5) is 0 Å². The van der Waals surface area contributed by atoms with Crippen molar-refractivity contribution in [1.29, 1.82) is 0 Å². The quantitative estimate of drug-likeness (QED) is 0.740. The smallest absolute Gasteiger partial charge is 0.119 e. The van der Waals surface area contributed by atoms with Crippen LogP contribution in [0, 0.1) is 13.8 Å². The molecule has 0 fully saturated rings. The molecule has 0 aliphatic carbocycles. The van der Waals surface area contributed by atoms with E-state index in [1.165, 1.54) is 5.56 Å². The van der Waals surface area contributed by atoms with Crippen molar-refractivity contribution >= 4 is 11.6 Å². The van der Waals surface area contributed by atoms with E-state index >= 15 is 0 Å². The Labute approximate surface area is 138 Å². The van der Waals surface area contributed by atoms with Crippen LogP contribution < -0.4 is 10.5 Å². The van der Waals surface area contributed by atoms with E-state index in [4.69, 9.17) is 22.1 Å². The first-order chi connectivity index (χ1) is 10.6. The van der Waals surface area contributed by atoms with Gasteiger partial charge < -0.3 is 10.5 Å². The highest BCUT2D eigenvalue weighted by Crippen LogP contribution is 2.26. The van der Waals surface area contributed by atoms with Crippen LogP contribution in [0.2, 0.25) is 5.02 Å². The third-order valence-electron chi connectivity index (χ3n) is 3.93. The molecule has 0 aromatic heterocycles. The van der Waals surface area contributed by atoms with E-state index in [1.807, 2.05) is 32.0 Å². The molecule has 0 heterocycles. The molecule has 1 atom stereocenters. The number of aryl methyl sites for hydroxylation is 2. The zero-order valence-electron chi connectivity index (χ0n) is 13.3. The van der Waals surface area contributed by atoms with Gasteiger partial charge in [-0.25, -0.2) is 0 Å². The van der Waals surface area contributed by atoms with Crippen LogP contribution in [0.25, 0.3) is 0 Å². The van der Waals surface area contributed by atoms with Crippen molar-refractivity contribution in [3.63, 3.8) is 0 Å². The maximum Gasteiger partial charge on any atom is 0.119 e. The predicted molar refractivity (Wildman–Crippen MR) is 93.9 cm³/mol. The Bertz CT molecular complexity index is 575. The second kappa shape index (κ2) is 8.21. The van der Waals surface area contributed by atoms with Crippen molar-refractivity contribution in [3.8, 4) is 5.75 Å². The molecule has 0 amide bonds. The number of rotatable bonds is 7. The second-order valence-electron chi connectivity index (χ2n) is 5.71. The minimum atomic E-state index is 0.401. The fourth-order valence-electron chi connectivity index (χ4n) is 2.66. The van der Waals surface area contributed by atoms with Gasteiger partial charge in [0.2, 0.25) is 0 Å². The average molecular weight is 318 g/mol. The van der Waals surface area contributed by atoms with Gasteiger partial charge in [-0.3, -0.25) is 0 Å². The monoisotopic (exact) mass is 317 g/mol. The molecule has 2 aromatic carbocycles. The average Bonchev–Trinajstić information content (AvgIpc) is 2.53. The SMILES string of the molecule is Cc1cc(OCCCC(CN)c2ccccc2)cc(C)c1Cl. The van der Waals surface area contributed by atoms with Crippen molar-refractivity contribution in [2.24, 2.45) is 5.73 Å². The molecule has 22 heavy (non-hydrogen) atoms. The number of hydrogen-bond acceptors (Lipinski definition) is 2. The summed E-state index contributed by atoms with van der Waals surface area (Å²) in [6, 6.07) is 14.4. The topological polar surface area (TPSA) is 35.2 Å². The number of ether oxygens (including phenoxy) is 1.